The van der Waals surface area contributed by atoms with Crippen LogP contribution in [0.25, 0.3) is 0 Å². The molecule has 0 bridgehead atoms. The Labute approximate surface area is 113 Å². The summed E-state index contributed by atoms with van der Waals surface area (Å²) < 4.78 is 25.8. The number of carboxylic acids is 1. The molecule has 0 aliphatic carbocycles. The Balaban J connectivity index is 2.87. The van der Waals surface area contributed by atoms with Crippen molar-refractivity contribution in [3.63, 3.8) is 0 Å². The lowest BCUT2D eigenvalue weighted by Gasteiger charge is -2.18. The summed E-state index contributed by atoms with van der Waals surface area (Å²) in [5.74, 6) is -0.919. The van der Waals surface area contributed by atoms with Gasteiger partial charge in [0.15, 0.2) is 0 Å². The van der Waals surface area contributed by atoms with Gasteiger partial charge in [-0.3, -0.25) is 4.79 Å². The van der Waals surface area contributed by atoms with Crippen molar-refractivity contribution in [3.05, 3.63) is 29.3 Å². The maximum atomic E-state index is 12.3. The summed E-state index contributed by atoms with van der Waals surface area (Å²) in [6, 6.07) is 5.16. The Hall–Kier alpha value is -1.40. The zero-order valence-corrected chi connectivity index (χ0v) is 12.2. The molecule has 0 fully saturated rings. The minimum atomic E-state index is -3.54. The molecular formula is C13H19NO4S. The molecular weight excluding hydrogens is 266 g/mol. The van der Waals surface area contributed by atoms with Crippen molar-refractivity contribution in [1.29, 1.82) is 0 Å². The van der Waals surface area contributed by atoms with Crippen LogP contribution in [-0.2, 0) is 14.8 Å². The molecule has 0 amide bonds. The lowest BCUT2D eigenvalue weighted by atomic mass is 10.2. The number of hydrogen-bond donors (Lipinski definition) is 1. The first-order chi connectivity index (χ1) is 8.75. The van der Waals surface area contributed by atoms with Crippen LogP contribution >= 0.6 is 0 Å². The lowest BCUT2D eigenvalue weighted by molar-refractivity contribution is -0.137. The molecule has 0 aliphatic heterocycles. The third-order valence-electron chi connectivity index (χ3n) is 2.88. The minimum Gasteiger partial charge on any atom is -0.481 e. The molecule has 1 rings (SSSR count). The van der Waals surface area contributed by atoms with Gasteiger partial charge >= 0.3 is 5.97 Å². The van der Waals surface area contributed by atoms with Crippen molar-refractivity contribution in [2.75, 3.05) is 13.6 Å². The van der Waals surface area contributed by atoms with Gasteiger partial charge in [-0.1, -0.05) is 17.7 Å². The summed E-state index contributed by atoms with van der Waals surface area (Å²) in [7, 11) is -2.08. The van der Waals surface area contributed by atoms with Gasteiger partial charge in [0, 0.05) is 20.0 Å². The van der Waals surface area contributed by atoms with Gasteiger partial charge in [-0.2, -0.15) is 0 Å². The topological polar surface area (TPSA) is 74.7 Å². The van der Waals surface area contributed by atoms with Crippen molar-refractivity contribution in [1.82, 2.24) is 4.31 Å². The maximum absolute atomic E-state index is 12.3. The van der Waals surface area contributed by atoms with Crippen LogP contribution in [0.1, 0.15) is 24.0 Å². The molecule has 0 aliphatic rings. The van der Waals surface area contributed by atoms with Crippen molar-refractivity contribution in [2.24, 2.45) is 0 Å². The SMILES string of the molecule is Cc1ccc(S(=O)(=O)N(C)CCCC(=O)O)c(C)c1. The van der Waals surface area contributed by atoms with Gasteiger partial charge in [0.2, 0.25) is 10.0 Å². The van der Waals surface area contributed by atoms with Crippen LogP contribution in [0.4, 0.5) is 0 Å². The summed E-state index contributed by atoms with van der Waals surface area (Å²) >= 11 is 0. The summed E-state index contributed by atoms with van der Waals surface area (Å²) in [5, 5.41) is 8.55. The molecule has 1 aromatic rings. The second kappa shape index (κ2) is 6.16. The number of aliphatic carboxylic acids is 1. The van der Waals surface area contributed by atoms with E-state index in [1.807, 2.05) is 13.0 Å². The Kier molecular flexibility index (Phi) is 5.08. The predicted molar refractivity (Wildman–Crippen MR) is 72.6 cm³/mol. The van der Waals surface area contributed by atoms with Crippen molar-refractivity contribution >= 4 is 16.0 Å². The molecule has 5 nitrogen and oxygen atoms in total. The molecule has 0 saturated carbocycles. The van der Waals surface area contributed by atoms with E-state index in [0.29, 0.717) is 12.0 Å². The van der Waals surface area contributed by atoms with E-state index >= 15 is 0 Å². The number of hydrogen-bond acceptors (Lipinski definition) is 3. The Morgan fingerprint density at radius 3 is 2.47 bits per heavy atom. The zero-order valence-electron chi connectivity index (χ0n) is 11.4. The molecule has 106 valence electrons. The van der Waals surface area contributed by atoms with Crippen LogP contribution in [0.5, 0.6) is 0 Å². The average molecular weight is 285 g/mol. The van der Waals surface area contributed by atoms with Gasteiger partial charge in [0.05, 0.1) is 4.90 Å². The molecule has 0 heterocycles. The highest BCUT2D eigenvalue weighted by Crippen LogP contribution is 2.20. The van der Waals surface area contributed by atoms with Gasteiger partial charge in [-0.05, 0) is 31.9 Å². The summed E-state index contributed by atoms with van der Waals surface area (Å²) in [6.07, 6.45) is 0.267. The smallest absolute Gasteiger partial charge is 0.303 e. The van der Waals surface area contributed by atoms with Crippen molar-refractivity contribution < 1.29 is 18.3 Å². The minimum absolute atomic E-state index is 0.0350. The van der Waals surface area contributed by atoms with Crippen LogP contribution in [0.2, 0.25) is 0 Å². The van der Waals surface area contributed by atoms with E-state index in [1.54, 1.807) is 19.1 Å². The molecule has 0 spiro atoms. The zero-order chi connectivity index (χ0) is 14.6. The third-order valence-corrected chi connectivity index (χ3v) is 4.90. The molecule has 0 unspecified atom stereocenters. The number of benzene rings is 1. The third kappa shape index (κ3) is 4.04. The highest BCUT2D eigenvalue weighted by Gasteiger charge is 2.22. The Bertz CT molecular complexity index is 566. The first kappa shape index (κ1) is 15.7. The number of carbonyl (C=O) groups is 1. The first-order valence-corrected chi connectivity index (χ1v) is 7.44. The van der Waals surface area contributed by atoms with Gasteiger partial charge in [-0.25, -0.2) is 12.7 Å². The molecule has 0 saturated heterocycles. The first-order valence-electron chi connectivity index (χ1n) is 6.00. The van der Waals surface area contributed by atoms with Crippen LogP contribution < -0.4 is 0 Å². The van der Waals surface area contributed by atoms with Crippen LogP contribution in [0.3, 0.4) is 0 Å². The van der Waals surface area contributed by atoms with E-state index in [1.165, 1.54) is 11.4 Å². The number of sulfonamides is 1. The fourth-order valence-corrected chi connectivity index (χ4v) is 3.24. The summed E-state index contributed by atoms with van der Waals surface area (Å²) in [4.78, 5) is 10.7. The molecule has 19 heavy (non-hydrogen) atoms. The Morgan fingerprint density at radius 2 is 1.95 bits per heavy atom. The maximum Gasteiger partial charge on any atom is 0.303 e. The highest BCUT2D eigenvalue weighted by molar-refractivity contribution is 7.89. The molecule has 1 aromatic carbocycles. The van der Waals surface area contributed by atoms with E-state index < -0.39 is 16.0 Å². The second-order valence-corrected chi connectivity index (χ2v) is 6.61. The van der Waals surface area contributed by atoms with E-state index in [4.69, 9.17) is 5.11 Å². The standard InChI is InChI=1S/C13H19NO4S/c1-10-6-7-12(11(2)9-10)19(17,18)14(3)8-4-5-13(15)16/h6-7,9H,4-5,8H2,1-3H3,(H,15,16). The van der Waals surface area contributed by atoms with E-state index in [2.05, 4.69) is 0 Å². The predicted octanol–water partition coefficient (Wildman–Crippen LogP) is 1.79. The van der Waals surface area contributed by atoms with Crippen LogP contribution in [0, 0.1) is 13.8 Å². The molecule has 0 aromatic heterocycles. The number of carboxylic acid groups (broad SMARTS) is 1. The van der Waals surface area contributed by atoms with Gasteiger partial charge in [0.25, 0.3) is 0 Å². The summed E-state index contributed by atoms with van der Waals surface area (Å²) in [5.41, 5.74) is 1.70. The number of nitrogens with zero attached hydrogens (tertiary/aromatic N) is 1. The Morgan fingerprint density at radius 1 is 1.32 bits per heavy atom. The lowest BCUT2D eigenvalue weighted by Crippen LogP contribution is -2.28. The largest absolute Gasteiger partial charge is 0.481 e. The van der Waals surface area contributed by atoms with Gasteiger partial charge < -0.3 is 5.11 Å². The summed E-state index contributed by atoms with van der Waals surface area (Å²) in [6.45, 7) is 3.85. The molecule has 0 atom stereocenters. The molecule has 6 heteroatoms. The van der Waals surface area contributed by atoms with Crippen LogP contribution in [-0.4, -0.2) is 37.4 Å². The van der Waals surface area contributed by atoms with Gasteiger partial charge in [-0.15, -0.1) is 0 Å². The fraction of sp³-hybridized carbons (Fsp3) is 0.462. The number of rotatable bonds is 6. The number of aryl methyl sites for hydroxylation is 2. The molecule has 1 N–H and O–H groups in total. The normalized spacial score (nSPS) is 11.8. The van der Waals surface area contributed by atoms with E-state index in [9.17, 15) is 13.2 Å². The van der Waals surface area contributed by atoms with E-state index in [-0.39, 0.29) is 17.9 Å². The molecule has 0 radical (unpaired) electrons. The average Bonchev–Trinajstić information content (AvgIpc) is 2.27. The van der Waals surface area contributed by atoms with E-state index in [0.717, 1.165) is 5.56 Å². The van der Waals surface area contributed by atoms with Crippen molar-refractivity contribution in [2.45, 2.75) is 31.6 Å². The van der Waals surface area contributed by atoms with Gasteiger partial charge in [0.1, 0.15) is 0 Å². The van der Waals surface area contributed by atoms with Crippen molar-refractivity contribution in [3.8, 4) is 0 Å². The second-order valence-electron chi connectivity index (χ2n) is 4.59. The highest BCUT2D eigenvalue weighted by atomic mass is 32.2. The quantitative estimate of drug-likeness (QED) is 0.864. The van der Waals surface area contributed by atoms with Crippen LogP contribution in [0.15, 0.2) is 23.1 Å². The fourth-order valence-electron chi connectivity index (χ4n) is 1.83. The monoisotopic (exact) mass is 285 g/mol.